The van der Waals surface area contributed by atoms with Gasteiger partial charge >= 0.3 is 5.69 Å². The molecule has 0 amide bonds. The topological polar surface area (TPSA) is 117 Å². The van der Waals surface area contributed by atoms with Gasteiger partial charge in [0.05, 0.1) is 10.2 Å². The summed E-state index contributed by atoms with van der Waals surface area (Å²) >= 11 is 1.73. The van der Waals surface area contributed by atoms with Crippen LogP contribution >= 0.6 is 22.6 Å². The number of nitrogens with zero attached hydrogens (tertiary/aromatic N) is 1. The van der Waals surface area contributed by atoms with Crippen LogP contribution in [0.25, 0.3) is 0 Å². The van der Waals surface area contributed by atoms with Crippen molar-refractivity contribution in [2.75, 3.05) is 6.61 Å². The number of rotatable bonds is 2. The number of halogens is 2. The number of aromatic nitrogens is 2. The van der Waals surface area contributed by atoms with Crippen molar-refractivity contribution in [3.05, 3.63) is 30.6 Å². The molecule has 1 aromatic rings. The lowest BCUT2D eigenvalue weighted by molar-refractivity contribution is -0.292. The van der Waals surface area contributed by atoms with Crippen LogP contribution in [0.2, 0.25) is 0 Å². The highest BCUT2D eigenvalue weighted by Crippen LogP contribution is 2.46. The van der Waals surface area contributed by atoms with Gasteiger partial charge in [-0.3, -0.25) is 14.5 Å². The van der Waals surface area contributed by atoms with E-state index in [2.05, 4.69) is 4.98 Å². The van der Waals surface area contributed by atoms with Gasteiger partial charge in [-0.1, -0.05) is 0 Å². The molecule has 1 aromatic heterocycles. The average molecular weight is 388 g/mol. The summed E-state index contributed by atoms with van der Waals surface area (Å²) in [7, 11) is 0. The third kappa shape index (κ3) is 2.03. The van der Waals surface area contributed by atoms with Crippen LogP contribution in [-0.2, 0) is 15.4 Å². The van der Waals surface area contributed by atoms with E-state index in [1.165, 1.54) is 6.20 Å². The normalized spacial score (nSPS) is 35.6. The molecule has 0 saturated carbocycles. The number of nitrogens with one attached hydrogen (secondary N) is 1. The van der Waals surface area contributed by atoms with E-state index in [0.29, 0.717) is 0 Å². The van der Waals surface area contributed by atoms with Crippen LogP contribution in [0.15, 0.2) is 15.8 Å². The van der Waals surface area contributed by atoms with Crippen molar-refractivity contribution in [1.29, 1.82) is 0 Å². The van der Waals surface area contributed by atoms with Gasteiger partial charge in [-0.2, -0.15) is 0 Å². The highest BCUT2D eigenvalue weighted by molar-refractivity contribution is 14.1. The van der Waals surface area contributed by atoms with Crippen molar-refractivity contribution in [1.82, 2.24) is 9.55 Å². The van der Waals surface area contributed by atoms with Gasteiger partial charge in [-0.25, -0.2) is 9.36 Å². The fraction of sp³-hybridized carbons (Fsp3) is 0.556. The predicted molar refractivity (Wildman–Crippen MR) is 67.4 cm³/mol. The average Bonchev–Trinajstić information content (AvgIpc) is 3.06. The number of ether oxygens (including phenoxy) is 2. The minimum atomic E-state index is -1.99. The molecule has 0 spiro atoms. The van der Waals surface area contributed by atoms with E-state index in [9.17, 15) is 14.7 Å². The molecular formula is C9H10FIN2O6. The van der Waals surface area contributed by atoms with E-state index in [4.69, 9.17) is 14.6 Å². The monoisotopic (exact) mass is 388 g/mol. The summed E-state index contributed by atoms with van der Waals surface area (Å²) in [5, 5.41) is 19.4. The molecule has 0 aliphatic carbocycles. The molecule has 2 saturated heterocycles. The summed E-state index contributed by atoms with van der Waals surface area (Å²) in [5.41, 5.74) is -1.33. The number of aliphatic hydroxyl groups excluding tert-OH is 1. The van der Waals surface area contributed by atoms with Gasteiger partial charge < -0.3 is 19.7 Å². The van der Waals surface area contributed by atoms with Crippen LogP contribution in [0.3, 0.4) is 0 Å². The second-order valence-corrected chi connectivity index (χ2v) is 5.29. The summed E-state index contributed by atoms with van der Waals surface area (Å²) in [6.45, 7) is -0.321. The zero-order valence-corrected chi connectivity index (χ0v) is 11.4. The van der Waals surface area contributed by atoms with Crippen LogP contribution in [0, 0.1) is 3.57 Å². The van der Waals surface area contributed by atoms with Crippen LogP contribution < -0.4 is 11.2 Å². The largest absolute Gasteiger partial charge is 0.394 e. The molecule has 2 fully saturated rings. The number of epoxide rings is 1. The Balaban J connectivity index is 0.00000133. The summed E-state index contributed by atoms with van der Waals surface area (Å²) < 4.78 is 11.5. The maximum absolute atomic E-state index is 11.7. The van der Waals surface area contributed by atoms with Crippen molar-refractivity contribution in [3.63, 3.8) is 0 Å². The van der Waals surface area contributed by atoms with Gasteiger partial charge in [0.2, 0.25) is 0 Å². The maximum atomic E-state index is 11.7. The van der Waals surface area contributed by atoms with Gasteiger partial charge in [0.25, 0.3) is 11.5 Å². The van der Waals surface area contributed by atoms with Gasteiger partial charge in [0.15, 0.2) is 6.10 Å². The van der Waals surface area contributed by atoms with Gasteiger partial charge in [0, 0.05) is 6.20 Å². The molecule has 106 valence electrons. The Morgan fingerprint density at radius 2 is 2.21 bits per heavy atom. The lowest BCUT2D eigenvalue weighted by Crippen LogP contribution is -2.48. The van der Waals surface area contributed by atoms with E-state index >= 15 is 0 Å². The molecule has 0 radical (unpaired) electrons. The fourth-order valence-electron chi connectivity index (χ4n) is 2.09. The Labute approximate surface area is 118 Å². The smallest absolute Gasteiger partial charge is 0.332 e. The van der Waals surface area contributed by atoms with Crippen molar-refractivity contribution >= 4 is 22.6 Å². The molecular weight excluding hydrogens is 378 g/mol. The van der Waals surface area contributed by atoms with Crippen LogP contribution in [-0.4, -0.2) is 44.7 Å². The van der Waals surface area contributed by atoms with E-state index in [0.717, 1.165) is 4.57 Å². The zero-order chi connectivity index (χ0) is 13.1. The Morgan fingerprint density at radius 1 is 1.53 bits per heavy atom. The Hall–Kier alpha value is -0.820. The first kappa shape index (κ1) is 14.6. The number of hydrogen-bond donors (Lipinski definition) is 3. The summed E-state index contributed by atoms with van der Waals surface area (Å²) in [4.78, 5) is 25.0. The number of fused-ring (bicyclic) bond motifs is 1. The molecule has 19 heavy (non-hydrogen) atoms. The Kier molecular flexibility index (Phi) is 3.55. The van der Waals surface area contributed by atoms with Crippen molar-refractivity contribution in [2.24, 2.45) is 0 Å². The molecule has 4 atom stereocenters. The van der Waals surface area contributed by atoms with Crippen LogP contribution in [0.5, 0.6) is 0 Å². The molecule has 3 N–H and O–H groups in total. The Bertz CT molecular complexity index is 617. The third-order valence-electron chi connectivity index (χ3n) is 3.01. The fourth-order valence-corrected chi connectivity index (χ4v) is 2.50. The number of aliphatic hydroxyl groups is 2. The third-order valence-corrected chi connectivity index (χ3v) is 3.78. The van der Waals surface area contributed by atoms with E-state index < -0.39 is 35.5 Å². The summed E-state index contributed by atoms with van der Waals surface area (Å²) in [6.07, 6.45) is -0.637. The van der Waals surface area contributed by atoms with Crippen LogP contribution in [0.4, 0.5) is 4.70 Å². The molecule has 2 aliphatic heterocycles. The minimum Gasteiger partial charge on any atom is -0.394 e. The lowest BCUT2D eigenvalue weighted by Gasteiger charge is -2.26. The lowest BCUT2D eigenvalue weighted by atomic mass is 10.2. The van der Waals surface area contributed by atoms with E-state index in [1.54, 1.807) is 22.6 Å². The molecule has 10 heteroatoms. The predicted octanol–water partition coefficient (Wildman–Crippen LogP) is -1.95. The molecule has 3 rings (SSSR count). The van der Waals surface area contributed by atoms with Gasteiger partial charge in [0.1, 0.15) is 12.2 Å². The molecule has 3 heterocycles. The second kappa shape index (κ2) is 4.63. The first-order valence-electron chi connectivity index (χ1n) is 5.16. The maximum Gasteiger partial charge on any atom is 0.332 e. The number of hydrogen-bond acceptors (Lipinski definition) is 6. The van der Waals surface area contributed by atoms with E-state index in [-0.39, 0.29) is 14.9 Å². The highest BCUT2D eigenvalue weighted by Gasteiger charge is 2.68. The Morgan fingerprint density at radius 3 is 2.79 bits per heavy atom. The molecule has 1 unspecified atom stereocenters. The number of aromatic amines is 1. The number of H-pyrrole nitrogens is 1. The van der Waals surface area contributed by atoms with Gasteiger partial charge in [-0.05, 0) is 22.6 Å². The quantitative estimate of drug-likeness (QED) is 0.401. The van der Waals surface area contributed by atoms with Crippen molar-refractivity contribution in [3.8, 4) is 0 Å². The summed E-state index contributed by atoms with van der Waals surface area (Å²) in [5.74, 6) is -1.99. The first-order chi connectivity index (χ1) is 8.47. The van der Waals surface area contributed by atoms with Crippen molar-refractivity contribution in [2.45, 2.75) is 24.2 Å². The zero-order valence-electron chi connectivity index (χ0n) is 9.28. The molecule has 0 aromatic carbocycles. The van der Waals surface area contributed by atoms with Crippen LogP contribution in [0.1, 0.15) is 0 Å². The molecule has 8 nitrogen and oxygen atoms in total. The van der Waals surface area contributed by atoms with Gasteiger partial charge in [-0.15, -0.1) is 0 Å². The molecule has 2 aliphatic rings. The summed E-state index contributed by atoms with van der Waals surface area (Å²) in [6, 6.07) is 0. The van der Waals surface area contributed by atoms with E-state index in [1.807, 2.05) is 0 Å². The highest BCUT2D eigenvalue weighted by atomic mass is 127. The standard InChI is InChI=1S/C9H9IN2O6.FH/c10-3-1-12(8(15)11-7(3)14)9(16)6-5(17-6)4(2-13)18-9;/h1,4-6,13,16H,2H2,(H,11,14,15);1H/t4-,5-,6?,9-;/m1./s1. The second-order valence-electron chi connectivity index (χ2n) is 4.13. The molecule has 0 bridgehead atoms. The minimum absolute atomic E-state index is 0. The SMILES string of the molecule is F.O=c1[nH]c(=O)n([C@]2(O)O[C@H](CO)[C@H]3OC32)cc1I. The first-order valence-corrected chi connectivity index (χ1v) is 6.23. The van der Waals surface area contributed by atoms with Crippen molar-refractivity contribution < 1.29 is 24.4 Å².